The molecular formula is C13H24N2O. The maximum absolute atomic E-state index is 11.3. The molecular weight excluding hydrogens is 200 g/mol. The fraction of sp³-hybridized carbons (Fsp3) is 0.769. The summed E-state index contributed by atoms with van der Waals surface area (Å²) in [6, 6.07) is 0.492. The van der Waals surface area contributed by atoms with Crippen LogP contribution in [0.4, 0.5) is 0 Å². The van der Waals surface area contributed by atoms with Gasteiger partial charge in [0.2, 0.25) is 5.91 Å². The van der Waals surface area contributed by atoms with Crippen molar-refractivity contribution < 1.29 is 4.79 Å². The lowest BCUT2D eigenvalue weighted by atomic mass is 10.2. The molecule has 1 amide bonds. The highest BCUT2D eigenvalue weighted by Gasteiger charge is 2.22. The molecule has 16 heavy (non-hydrogen) atoms. The summed E-state index contributed by atoms with van der Waals surface area (Å²) in [5.74, 6) is 0.196. The summed E-state index contributed by atoms with van der Waals surface area (Å²) in [7, 11) is 0. The molecule has 0 aromatic carbocycles. The van der Waals surface area contributed by atoms with Gasteiger partial charge in [-0.3, -0.25) is 4.79 Å². The number of allylic oxidation sites excluding steroid dienone is 1. The van der Waals surface area contributed by atoms with E-state index in [1.165, 1.54) is 32.1 Å². The number of carbonyl (C=O) groups is 1. The van der Waals surface area contributed by atoms with Crippen molar-refractivity contribution in [1.29, 1.82) is 0 Å². The second kappa shape index (κ2) is 8.34. The molecule has 0 heterocycles. The van der Waals surface area contributed by atoms with Gasteiger partial charge < -0.3 is 10.6 Å². The lowest BCUT2D eigenvalue weighted by Crippen LogP contribution is -2.29. The highest BCUT2D eigenvalue weighted by Crippen LogP contribution is 2.18. The van der Waals surface area contributed by atoms with Crippen LogP contribution in [0.5, 0.6) is 0 Å². The maximum Gasteiger partial charge on any atom is 0.221 e. The molecule has 3 heteroatoms. The first kappa shape index (κ1) is 13.2. The summed E-state index contributed by atoms with van der Waals surface area (Å²) in [6.07, 6.45) is 9.70. The molecule has 1 aliphatic carbocycles. The average molecular weight is 224 g/mol. The molecule has 0 radical (unpaired) electrons. The van der Waals surface area contributed by atoms with E-state index in [-0.39, 0.29) is 5.91 Å². The van der Waals surface area contributed by atoms with Gasteiger partial charge in [0.1, 0.15) is 0 Å². The van der Waals surface area contributed by atoms with E-state index in [1.54, 1.807) is 0 Å². The molecule has 0 bridgehead atoms. The third-order valence-corrected chi connectivity index (χ3v) is 2.73. The van der Waals surface area contributed by atoms with E-state index in [0.29, 0.717) is 12.5 Å². The molecule has 0 aliphatic heterocycles. The van der Waals surface area contributed by atoms with Crippen LogP contribution in [0.15, 0.2) is 12.7 Å². The van der Waals surface area contributed by atoms with Crippen LogP contribution < -0.4 is 10.6 Å². The molecule has 0 unspecified atom stereocenters. The third-order valence-electron chi connectivity index (χ3n) is 2.73. The summed E-state index contributed by atoms with van der Waals surface area (Å²) in [5, 5.41) is 6.28. The molecule has 0 aromatic heterocycles. The van der Waals surface area contributed by atoms with Crippen molar-refractivity contribution in [3.05, 3.63) is 12.7 Å². The Bertz CT molecular complexity index is 212. The van der Waals surface area contributed by atoms with Crippen molar-refractivity contribution in [2.24, 2.45) is 0 Å². The average Bonchev–Trinajstić information content (AvgIpc) is 3.06. The number of carbonyl (C=O) groups excluding carboxylic acids is 1. The van der Waals surface area contributed by atoms with Gasteiger partial charge in [-0.15, -0.1) is 6.58 Å². The standard InChI is InChI=1S/C13H24N2O/c1-2-3-4-5-6-10-14-11-9-13(16)15-12-7-8-12/h2,12,14H,1,3-11H2,(H,15,16). The van der Waals surface area contributed by atoms with Crippen molar-refractivity contribution >= 4 is 5.91 Å². The predicted molar refractivity (Wildman–Crippen MR) is 67.3 cm³/mol. The zero-order valence-corrected chi connectivity index (χ0v) is 10.1. The third kappa shape index (κ3) is 7.46. The van der Waals surface area contributed by atoms with Crippen LogP contribution in [0.3, 0.4) is 0 Å². The second-order valence-corrected chi connectivity index (χ2v) is 4.48. The molecule has 0 aromatic rings. The summed E-state index contributed by atoms with van der Waals surface area (Å²) in [6.45, 7) is 5.52. The Morgan fingerprint density at radius 2 is 2.06 bits per heavy atom. The second-order valence-electron chi connectivity index (χ2n) is 4.48. The number of nitrogens with one attached hydrogen (secondary N) is 2. The van der Waals surface area contributed by atoms with Crippen LogP contribution in [0, 0.1) is 0 Å². The van der Waals surface area contributed by atoms with E-state index >= 15 is 0 Å². The van der Waals surface area contributed by atoms with E-state index in [9.17, 15) is 4.79 Å². The zero-order chi connectivity index (χ0) is 11.6. The minimum absolute atomic E-state index is 0.196. The Morgan fingerprint density at radius 3 is 2.75 bits per heavy atom. The lowest BCUT2D eigenvalue weighted by molar-refractivity contribution is -0.121. The molecule has 1 saturated carbocycles. The first-order valence-electron chi connectivity index (χ1n) is 6.44. The van der Waals surface area contributed by atoms with Gasteiger partial charge in [-0.25, -0.2) is 0 Å². The van der Waals surface area contributed by atoms with Crippen LogP contribution in [0.2, 0.25) is 0 Å². The minimum Gasteiger partial charge on any atom is -0.353 e. The van der Waals surface area contributed by atoms with Crippen molar-refractivity contribution in [2.45, 2.75) is 51.0 Å². The van der Waals surface area contributed by atoms with Gasteiger partial charge in [0.25, 0.3) is 0 Å². The number of unbranched alkanes of at least 4 members (excludes halogenated alkanes) is 3. The summed E-state index contributed by atoms with van der Waals surface area (Å²) < 4.78 is 0. The van der Waals surface area contributed by atoms with Crippen LogP contribution in [0.25, 0.3) is 0 Å². The molecule has 3 nitrogen and oxygen atoms in total. The quantitative estimate of drug-likeness (QED) is 0.440. The van der Waals surface area contributed by atoms with Crippen molar-refractivity contribution in [1.82, 2.24) is 10.6 Å². The Balaban J connectivity index is 1.76. The van der Waals surface area contributed by atoms with E-state index in [0.717, 1.165) is 19.5 Å². The maximum atomic E-state index is 11.3. The number of hydrogen-bond acceptors (Lipinski definition) is 2. The monoisotopic (exact) mass is 224 g/mol. The summed E-state index contributed by atoms with van der Waals surface area (Å²) >= 11 is 0. The van der Waals surface area contributed by atoms with Crippen LogP contribution in [-0.2, 0) is 4.79 Å². The summed E-state index contributed by atoms with van der Waals surface area (Å²) in [4.78, 5) is 11.3. The molecule has 0 spiro atoms. The van der Waals surface area contributed by atoms with E-state index in [4.69, 9.17) is 0 Å². The number of hydrogen-bond donors (Lipinski definition) is 2. The van der Waals surface area contributed by atoms with E-state index in [2.05, 4.69) is 17.2 Å². The molecule has 2 N–H and O–H groups in total. The predicted octanol–water partition coefficient (Wildman–Crippen LogP) is 1.99. The van der Waals surface area contributed by atoms with Crippen LogP contribution >= 0.6 is 0 Å². The van der Waals surface area contributed by atoms with Gasteiger partial charge in [-0.2, -0.15) is 0 Å². The molecule has 1 aliphatic rings. The van der Waals surface area contributed by atoms with Gasteiger partial charge in [-0.05, 0) is 38.6 Å². The van der Waals surface area contributed by atoms with Crippen molar-refractivity contribution in [2.75, 3.05) is 13.1 Å². The Morgan fingerprint density at radius 1 is 1.25 bits per heavy atom. The molecule has 1 fully saturated rings. The molecule has 1 rings (SSSR count). The first-order chi connectivity index (χ1) is 7.83. The van der Waals surface area contributed by atoms with Crippen LogP contribution in [-0.4, -0.2) is 25.0 Å². The first-order valence-corrected chi connectivity index (χ1v) is 6.44. The highest BCUT2D eigenvalue weighted by molar-refractivity contribution is 5.76. The lowest BCUT2D eigenvalue weighted by Gasteiger charge is -2.05. The molecule has 92 valence electrons. The normalized spacial score (nSPS) is 14.8. The SMILES string of the molecule is C=CCCCCCNCCC(=O)NC1CC1. The van der Waals surface area contributed by atoms with Gasteiger partial charge >= 0.3 is 0 Å². The van der Waals surface area contributed by atoms with Crippen LogP contribution in [0.1, 0.15) is 44.9 Å². The Kier molecular flexibility index (Phi) is 6.90. The fourth-order valence-corrected chi connectivity index (χ4v) is 1.57. The zero-order valence-electron chi connectivity index (χ0n) is 10.1. The molecule has 0 atom stereocenters. The highest BCUT2D eigenvalue weighted by atomic mass is 16.1. The van der Waals surface area contributed by atoms with Crippen molar-refractivity contribution in [3.63, 3.8) is 0 Å². The fourth-order valence-electron chi connectivity index (χ4n) is 1.57. The Hall–Kier alpha value is -0.830. The van der Waals surface area contributed by atoms with Gasteiger partial charge in [0.15, 0.2) is 0 Å². The number of amides is 1. The van der Waals surface area contributed by atoms with Crippen molar-refractivity contribution in [3.8, 4) is 0 Å². The Labute approximate surface area is 98.7 Å². The van der Waals surface area contributed by atoms with Gasteiger partial charge in [0, 0.05) is 19.0 Å². The van der Waals surface area contributed by atoms with E-state index < -0.39 is 0 Å². The minimum atomic E-state index is 0.196. The number of rotatable bonds is 10. The summed E-state index contributed by atoms with van der Waals surface area (Å²) in [5.41, 5.74) is 0. The molecule has 0 saturated heterocycles. The smallest absolute Gasteiger partial charge is 0.221 e. The van der Waals surface area contributed by atoms with Gasteiger partial charge in [-0.1, -0.05) is 12.5 Å². The topological polar surface area (TPSA) is 41.1 Å². The largest absolute Gasteiger partial charge is 0.353 e. The van der Waals surface area contributed by atoms with E-state index in [1.807, 2.05) is 6.08 Å². The van der Waals surface area contributed by atoms with Gasteiger partial charge in [0.05, 0.1) is 0 Å².